The second-order valence-electron chi connectivity index (χ2n) is 5.34. The molecule has 0 N–H and O–H groups in total. The van der Waals surface area contributed by atoms with E-state index in [1.54, 1.807) is 20.3 Å². The van der Waals surface area contributed by atoms with Crippen LogP contribution in [0.25, 0.3) is 21.6 Å². The van der Waals surface area contributed by atoms with Crippen molar-refractivity contribution < 1.29 is 18.9 Å². The Labute approximate surface area is 155 Å². The summed E-state index contributed by atoms with van der Waals surface area (Å²) in [5.74, 6) is 1.19. The van der Waals surface area contributed by atoms with Crippen LogP contribution < -0.4 is 9.47 Å². The van der Waals surface area contributed by atoms with Gasteiger partial charge in [-0.25, -0.2) is 0 Å². The van der Waals surface area contributed by atoms with Crippen LogP contribution in [0.3, 0.4) is 0 Å². The molecule has 1 aliphatic rings. The molecule has 26 heavy (non-hydrogen) atoms. The zero-order valence-electron chi connectivity index (χ0n) is 14.2. The predicted octanol–water partition coefficient (Wildman–Crippen LogP) is 5.35. The summed E-state index contributed by atoms with van der Waals surface area (Å²) in [5, 5.41) is 4.10. The molecule has 0 aromatic heterocycles. The summed E-state index contributed by atoms with van der Waals surface area (Å²) in [7, 11) is 3.15. The molecule has 0 spiro atoms. The lowest BCUT2D eigenvalue weighted by molar-refractivity contribution is -0.0251. The first-order chi connectivity index (χ1) is 12.7. The van der Waals surface area contributed by atoms with Crippen LogP contribution in [0.4, 0.5) is 0 Å². The summed E-state index contributed by atoms with van der Waals surface area (Å²) < 4.78 is 21.7. The molecule has 2 aromatic carbocycles. The van der Waals surface area contributed by atoms with E-state index in [1.165, 1.54) is 12.5 Å². The van der Waals surface area contributed by atoms with Crippen LogP contribution in [0.5, 0.6) is 11.5 Å². The topological polar surface area (TPSA) is 85.7 Å². The number of nitrogens with zero attached hydrogens (tertiary/aromatic N) is 3. The molecule has 3 rings (SSSR count). The molecular weight excluding hydrogens is 358 g/mol. The van der Waals surface area contributed by atoms with Gasteiger partial charge in [0.2, 0.25) is 0 Å². The normalized spacial score (nSPS) is 12.9. The lowest BCUT2D eigenvalue weighted by atomic mass is 9.97. The molecule has 134 valence electrons. The Morgan fingerprint density at radius 2 is 1.96 bits per heavy atom. The lowest BCUT2D eigenvalue weighted by Crippen LogP contribution is -2.04. The molecule has 1 heterocycles. The standard InChI is InChI=1S/C18H16ClN3O4/c1-23-15-5-3-4-13(17(15)24-2)11-8-12(10-21-22-20)16(14(19)9-11)18-25-6-7-26-18/h3-9,18H,10H2,1-2H3. The van der Waals surface area contributed by atoms with Gasteiger partial charge in [-0.15, -0.1) is 0 Å². The number of azide groups is 1. The fourth-order valence-corrected chi connectivity index (χ4v) is 3.15. The van der Waals surface area contributed by atoms with E-state index in [2.05, 4.69) is 10.0 Å². The van der Waals surface area contributed by atoms with Crippen molar-refractivity contribution in [3.8, 4) is 22.6 Å². The van der Waals surface area contributed by atoms with Crippen molar-refractivity contribution in [2.45, 2.75) is 12.8 Å². The lowest BCUT2D eigenvalue weighted by Gasteiger charge is -2.19. The van der Waals surface area contributed by atoms with Gasteiger partial charge in [0.15, 0.2) is 11.5 Å². The third-order valence-electron chi connectivity index (χ3n) is 3.93. The molecule has 8 heteroatoms. The maximum Gasteiger partial charge on any atom is 0.268 e. The van der Waals surface area contributed by atoms with Crippen molar-refractivity contribution in [1.29, 1.82) is 0 Å². The molecule has 0 atom stereocenters. The van der Waals surface area contributed by atoms with Gasteiger partial charge in [-0.05, 0) is 28.8 Å². The van der Waals surface area contributed by atoms with E-state index >= 15 is 0 Å². The van der Waals surface area contributed by atoms with Crippen molar-refractivity contribution in [2.75, 3.05) is 14.2 Å². The van der Waals surface area contributed by atoms with E-state index in [0.29, 0.717) is 27.6 Å². The third kappa shape index (κ3) is 3.35. The zero-order chi connectivity index (χ0) is 18.5. The average Bonchev–Trinajstić information content (AvgIpc) is 3.19. The van der Waals surface area contributed by atoms with E-state index in [4.69, 9.17) is 36.1 Å². The summed E-state index contributed by atoms with van der Waals surface area (Å²) in [5.41, 5.74) is 11.6. The monoisotopic (exact) mass is 373 g/mol. The molecule has 0 aliphatic carbocycles. The maximum absolute atomic E-state index is 8.70. The van der Waals surface area contributed by atoms with Crippen molar-refractivity contribution in [3.63, 3.8) is 0 Å². The molecule has 0 radical (unpaired) electrons. The Morgan fingerprint density at radius 1 is 1.19 bits per heavy atom. The number of methoxy groups -OCH3 is 2. The number of rotatable bonds is 6. The Hall–Kier alpha value is -3.02. The van der Waals surface area contributed by atoms with Crippen LogP contribution in [0.1, 0.15) is 17.4 Å². The molecule has 2 aromatic rings. The average molecular weight is 374 g/mol. The first-order valence-electron chi connectivity index (χ1n) is 7.70. The van der Waals surface area contributed by atoms with Crippen molar-refractivity contribution >= 4 is 11.6 Å². The highest BCUT2D eigenvalue weighted by atomic mass is 35.5. The Bertz CT molecular complexity index is 886. The Balaban J connectivity index is 2.15. The minimum Gasteiger partial charge on any atom is -0.493 e. The summed E-state index contributed by atoms with van der Waals surface area (Å²) in [6.45, 7) is 0.106. The van der Waals surface area contributed by atoms with Gasteiger partial charge in [0, 0.05) is 10.5 Å². The first-order valence-corrected chi connectivity index (χ1v) is 8.08. The molecule has 0 saturated heterocycles. The summed E-state index contributed by atoms with van der Waals surface area (Å²) in [6.07, 6.45) is 2.21. The number of benzene rings is 2. The number of para-hydroxylation sites is 1. The van der Waals surface area contributed by atoms with Gasteiger partial charge >= 0.3 is 0 Å². The van der Waals surface area contributed by atoms with Gasteiger partial charge in [0.1, 0.15) is 12.5 Å². The molecule has 0 amide bonds. The fraction of sp³-hybridized carbons (Fsp3) is 0.222. The summed E-state index contributed by atoms with van der Waals surface area (Å²) in [6, 6.07) is 9.23. The van der Waals surface area contributed by atoms with Crippen LogP contribution in [-0.2, 0) is 16.0 Å². The number of ether oxygens (including phenoxy) is 4. The van der Waals surface area contributed by atoms with Gasteiger partial charge in [-0.3, -0.25) is 0 Å². The van der Waals surface area contributed by atoms with Gasteiger partial charge in [-0.2, -0.15) is 0 Å². The summed E-state index contributed by atoms with van der Waals surface area (Å²) >= 11 is 6.52. The first kappa shape index (κ1) is 17.8. The molecule has 0 saturated carbocycles. The van der Waals surface area contributed by atoms with Crippen LogP contribution in [0, 0.1) is 0 Å². The predicted molar refractivity (Wildman–Crippen MR) is 96.9 cm³/mol. The molecule has 0 fully saturated rings. The maximum atomic E-state index is 8.70. The minimum atomic E-state index is -0.673. The van der Waals surface area contributed by atoms with Crippen LogP contribution in [0.15, 0.2) is 48.0 Å². The second kappa shape index (κ2) is 7.91. The molecule has 0 unspecified atom stereocenters. The van der Waals surface area contributed by atoms with E-state index in [1.807, 2.05) is 24.3 Å². The second-order valence-corrected chi connectivity index (χ2v) is 5.74. The highest BCUT2D eigenvalue weighted by molar-refractivity contribution is 6.31. The van der Waals surface area contributed by atoms with Gasteiger partial charge < -0.3 is 18.9 Å². The van der Waals surface area contributed by atoms with E-state index in [-0.39, 0.29) is 6.54 Å². The molecule has 7 nitrogen and oxygen atoms in total. The molecular formula is C18H16ClN3O4. The zero-order valence-corrected chi connectivity index (χ0v) is 14.9. The fourth-order valence-electron chi connectivity index (χ4n) is 2.82. The molecule has 0 bridgehead atoms. The smallest absolute Gasteiger partial charge is 0.268 e. The minimum absolute atomic E-state index is 0.106. The number of halogens is 1. The van der Waals surface area contributed by atoms with Crippen LogP contribution in [-0.4, -0.2) is 14.2 Å². The number of hydrogen-bond acceptors (Lipinski definition) is 5. The third-order valence-corrected chi connectivity index (χ3v) is 4.24. The van der Waals surface area contributed by atoms with Crippen LogP contribution >= 0.6 is 11.6 Å². The van der Waals surface area contributed by atoms with E-state index in [0.717, 1.165) is 11.1 Å². The molecule has 1 aliphatic heterocycles. The van der Waals surface area contributed by atoms with Gasteiger partial charge in [-0.1, -0.05) is 34.9 Å². The number of hydrogen-bond donors (Lipinski definition) is 0. The Morgan fingerprint density at radius 3 is 2.62 bits per heavy atom. The van der Waals surface area contributed by atoms with Crippen molar-refractivity contribution in [1.82, 2.24) is 0 Å². The van der Waals surface area contributed by atoms with Crippen molar-refractivity contribution in [2.24, 2.45) is 5.11 Å². The summed E-state index contributed by atoms with van der Waals surface area (Å²) in [4.78, 5) is 2.83. The highest BCUT2D eigenvalue weighted by Crippen LogP contribution is 2.42. The Kier molecular flexibility index (Phi) is 5.41. The SMILES string of the molecule is COc1cccc(-c2cc(Cl)c(C3OC=CO3)c(CN=[N+]=[N-])c2)c1OC. The van der Waals surface area contributed by atoms with Crippen molar-refractivity contribution in [3.05, 3.63) is 69.4 Å². The van der Waals surface area contributed by atoms with Crippen LogP contribution in [0.2, 0.25) is 5.02 Å². The van der Waals surface area contributed by atoms with E-state index in [9.17, 15) is 0 Å². The highest BCUT2D eigenvalue weighted by Gasteiger charge is 2.24. The van der Waals surface area contributed by atoms with Gasteiger partial charge in [0.05, 0.1) is 31.4 Å². The van der Waals surface area contributed by atoms with E-state index < -0.39 is 6.29 Å². The largest absolute Gasteiger partial charge is 0.493 e. The van der Waals surface area contributed by atoms with Gasteiger partial charge in [0.25, 0.3) is 6.29 Å². The quantitative estimate of drug-likeness (QED) is 0.388.